The van der Waals surface area contributed by atoms with Crippen molar-refractivity contribution in [2.75, 3.05) is 19.0 Å². The Balaban J connectivity index is 2.82. The number of anilines is 1. The van der Waals surface area contributed by atoms with Crippen molar-refractivity contribution >= 4 is 23.7 Å². The fraction of sp³-hybridized carbons (Fsp3) is 0.333. The second-order valence-corrected chi connectivity index (χ2v) is 3.79. The highest BCUT2D eigenvalue weighted by atomic mass is 32.1. The Labute approximate surface area is 87.4 Å². The predicted molar refractivity (Wildman–Crippen MR) is 59.3 cm³/mol. The Morgan fingerprint density at radius 1 is 1.36 bits per heavy atom. The number of hydrogen-bond acceptors (Lipinski definition) is 3. The highest BCUT2D eigenvalue weighted by Crippen LogP contribution is 2.12. The van der Waals surface area contributed by atoms with E-state index in [2.05, 4.69) is 4.98 Å². The second-order valence-electron chi connectivity index (χ2n) is 3.43. The van der Waals surface area contributed by atoms with Crippen molar-refractivity contribution in [3.63, 3.8) is 0 Å². The second kappa shape index (κ2) is 3.09. The average molecular weight is 208 g/mol. The first-order valence-corrected chi connectivity index (χ1v) is 4.72. The van der Waals surface area contributed by atoms with Crippen molar-refractivity contribution < 1.29 is 0 Å². The molecule has 0 spiro atoms. The van der Waals surface area contributed by atoms with Crippen LogP contribution in [0.25, 0.3) is 5.65 Å². The van der Waals surface area contributed by atoms with Crippen LogP contribution in [-0.4, -0.2) is 28.0 Å². The zero-order valence-electron chi connectivity index (χ0n) is 8.43. The maximum atomic E-state index is 5.19. The maximum Gasteiger partial charge on any atom is 0.207 e. The molecule has 2 aromatic rings. The number of imidazole rings is 1. The van der Waals surface area contributed by atoms with E-state index >= 15 is 0 Å². The summed E-state index contributed by atoms with van der Waals surface area (Å²) >= 11 is 5.19. The first kappa shape index (κ1) is 9.21. The lowest BCUT2D eigenvalue weighted by Gasteiger charge is -2.11. The molecule has 4 nitrogen and oxygen atoms in total. The van der Waals surface area contributed by atoms with Crippen molar-refractivity contribution in [1.29, 1.82) is 0 Å². The van der Waals surface area contributed by atoms with E-state index in [-0.39, 0.29) is 0 Å². The number of fused-ring (bicyclic) bond motifs is 1. The highest BCUT2D eigenvalue weighted by molar-refractivity contribution is 7.71. The third-order valence-electron chi connectivity index (χ3n) is 2.18. The molecule has 0 saturated carbocycles. The lowest BCUT2D eigenvalue weighted by atomic mass is 10.5. The van der Waals surface area contributed by atoms with Gasteiger partial charge < -0.3 is 9.47 Å². The molecule has 14 heavy (non-hydrogen) atoms. The largest absolute Gasteiger partial charge is 0.363 e. The van der Waals surface area contributed by atoms with Gasteiger partial charge in [-0.1, -0.05) is 0 Å². The summed E-state index contributed by atoms with van der Waals surface area (Å²) in [5.41, 5.74) is 1.05. The molecule has 0 N–H and O–H groups in total. The van der Waals surface area contributed by atoms with Crippen LogP contribution >= 0.6 is 12.2 Å². The normalized spacial score (nSPS) is 10.8. The van der Waals surface area contributed by atoms with Gasteiger partial charge in [0, 0.05) is 39.6 Å². The summed E-state index contributed by atoms with van der Waals surface area (Å²) in [6.45, 7) is 0. The number of aryl methyl sites for hydroxylation is 1. The molecule has 0 bridgehead atoms. The van der Waals surface area contributed by atoms with Crippen molar-refractivity contribution in [3.05, 3.63) is 23.2 Å². The van der Waals surface area contributed by atoms with E-state index in [0.29, 0.717) is 4.77 Å². The molecule has 0 aromatic carbocycles. The zero-order valence-corrected chi connectivity index (χ0v) is 9.25. The van der Waals surface area contributed by atoms with E-state index in [1.807, 2.05) is 53.5 Å². The number of nitrogens with zero attached hydrogens (tertiary/aromatic N) is 4. The molecule has 0 unspecified atom stereocenters. The van der Waals surface area contributed by atoms with Gasteiger partial charge in [0.15, 0.2) is 0 Å². The molecule has 0 aliphatic carbocycles. The molecule has 0 aliphatic heterocycles. The molecule has 5 heteroatoms. The minimum absolute atomic E-state index is 0.590. The minimum atomic E-state index is 0.590. The monoisotopic (exact) mass is 208 g/mol. The molecule has 0 radical (unpaired) electrons. The van der Waals surface area contributed by atoms with E-state index < -0.39 is 0 Å². The average Bonchev–Trinajstić information content (AvgIpc) is 2.48. The molecular formula is C9H12N4S. The third-order valence-corrected chi connectivity index (χ3v) is 2.47. The smallest absolute Gasteiger partial charge is 0.207 e. The Morgan fingerprint density at radius 2 is 2.07 bits per heavy atom. The summed E-state index contributed by atoms with van der Waals surface area (Å²) in [6, 6.07) is 2.01. The summed E-state index contributed by atoms with van der Waals surface area (Å²) in [6.07, 6.45) is 3.89. The van der Waals surface area contributed by atoms with Gasteiger partial charge in [0.2, 0.25) is 4.77 Å². The molecule has 0 amide bonds. The third kappa shape index (κ3) is 1.29. The van der Waals surface area contributed by atoms with E-state index in [1.54, 1.807) is 0 Å². The molecule has 0 fully saturated rings. The molecule has 0 aliphatic rings. The summed E-state index contributed by atoms with van der Waals surface area (Å²) in [5, 5.41) is 0. The van der Waals surface area contributed by atoms with Crippen LogP contribution in [0.1, 0.15) is 0 Å². The fourth-order valence-corrected chi connectivity index (χ4v) is 1.60. The van der Waals surface area contributed by atoms with E-state index in [1.165, 1.54) is 0 Å². The van der Waals surface area contributed by atoms with Crippen molar-refractivity contribution in [1.82, 2.24) is 14.0 Å². The quantitative estimate of drug-likeness (QED) is 0.664. The van der Waals surface area contributed by atoms with Crippen molar-refractivity contribution in [2.45, 2.75) is 0 Å². The summed E-state index contributed by atoms with van der Waals surface area (Å²) in [7, 11) is 5.90. The molecule has 74 valence electrons. The van der Waals surface area contributed by atoms with Crippen LogP contribution in [0.15, 0.2) is 18.5 Å². The zero-order chi connectivity index (χ0) is 10.3. The highest BCUT2D eigenvalue weighted by Gasteiger charge is 2.03. The first-order valence-electron chi connectivity index (χ1n) is 4.31. The Bertz CT molecular complexity index is 523. The predicted octanol–water partition coefficient (Wildman–Crippen LogP) is 1.47. The fourth-order valence-electron chi connectivity index (χ4n) is 1.35. The van der Waals surface area contributed by atoms with E-state index in [0.717, 1.165) is 11.5 Å². The topological polar surface area (TPSA) is 25.5 Å². The standard InChI is InChI=1S/C9H12N4S/c1-11(2)7-6-8-12(3)4-5-13(8)9(14)10-7/h4-6H,1-3H3. The number of rotatable bonds is 1. The van der Waals surface area contributed by atoms with Crippen LogP contribution in [0.3, 0.4) is 0 Å². The van der Waals surface area contributed by atoms with Gasteiger partial charge in [0.05, 0.1) is 0 Å². The SMILES string of the molecule is CN(C)c1cc2n(C)ccn2c(=S)n1. The van der Waals surface area contributed by atoms with Gasteiger partial charge in [-0.2, -0.15) is 0 Å². The number of hydrogen-bond donors (Lipinski definition) is 0. The van der Waals surface area contributed by atoms with Crippen LogP contribution < -0.4 is 4.90 Å². The van der Waals surface area contributed by atoms with Crippen LogP contribution in [0.2, 0.25) is 0 Å². The van der Waals surface area contributed by atoms with Gasteiger partial charge >= 0.3 is 0 Å². The van der Waals surface area contributed by atoms with Crippen LogP contribution in [-0.2, 0) is 7.05 Å². The summed E-state index contributed by atoms with van der Waals surface area (Å²) < 4.78 is 4.50. The lowest BCUT2D eigenvalue weighted by Crippen LogP contribution is -2.11. The molecular weight excluding hydrogens is 196 g/mol. The van der Waals surface area contributed by atoms with Crippen LogP contribution in [0.5, 0.6) is 0 Å². The Kier molecular flexibility index (Phi) is 2.03. The Morgan fingerprint density at radius 3 is 2.71 bits per heavy atom. The number of aromatic nitrogens is 3. The maximum absolute atomic E-state index is 5.19. The molecule has 0 saturated heterocycles. The van der Waals surface area contributed by atoms with Gasteiger partial charge in [-0.3, -0.25) is 4.40 Å². The van der Waals surface area contributed by atoms with Gasteiger partial charge in [-0.25, -0.2) is 4.98 Å². The van der Waals surface area contributed by atoms with E-state index in [4.69, 9.17) is 12.2 Å². The first-order chi connectivity index (χ1) is 6.59. The van der Waals surface area contributed by atoms with Crippen LogP contribution in [0.4, 0.5) is 5.82 Å². The molecule has 0 atom stereocenters. The molecule has 2 rings (SSSR count). The lowest BCUT2D eigenvalue weighted by molar-refractivity contribution is 0.929. The van der Waals surface area contributed by atoms with Gasteiger partial charge in [-0.15, -0.1) is 0 Å². The Hall–Kier alpha value is -1.36. The molecule has 2 aromatic heterocycles. The molecule has 2 heterocycles. The minimum Gasteiger partial charge on any atom is -0.363 e. The van der Waals surface area contributed by atoms with Crippen molar-refractivity contribution in [3.8, 4) is 0 Å². The summed E-state index contributed by atoms with van der Waals surface area (Å²) in [5.74, 6) is 0.886. The van der Waals surface area contributed by atoms with Crippen molar-refractivity contribution in [2.24, 2.45) is 7.05 Å². The van der Waals surface area contributed by atoms with Gasteiger partial charge in [-0.05, 0) is 12.2 Å². The summed E-state index contributed by atoms with van der Waals surface area (Å²) in [4.78, 5) is 6.25. The van der Waals surface area contributed by atoms with Gasteiger partial charge in [0.1, 0.15) is 11.5 Å². The van der Waals surface area contributed by atoms with Crippen LogP contribution in [0, 0.1) is 4.77 Å². The van der Waals surface area contributed by atoms with E-state index in [9.17, 15) is 0 Å². The van der Waals surface area contributed by atoms with Gasteiger partial charge in [0.25, 0.3) is 0 Å².